The fourth-order valence-electron chi connectivity index (χ4n) is 0.855. The quantitative estimate of drug-likeness (QED) is 0.584. The van der Waals surface area contributed by atoms with E-state index >= 15 is 0 Å². The predicted molar refractivity (Wildman–Crippen MR) is 58.4 cm³/mol. The summed E-state index contributed by atoms with van der Waals surface area (Å²) >= 11 is 8.16. The topological polar surface area (TPSA) is 0 Å². The molecule has 2 heteroatoms. The van der Waals surface area contributed by atoms with Gasteiger partial charge in [0.15, 0.2) is 0 Å². The van der Waals surface area contributed by atoms with Crippen molar-refractivity contribution in [3.05, 3.63) is 41.3 Å². The van der Waals surface area contributed by atoms with Crippen molar-refractivity contribution in [3.63, 3.8) is 0 Å². The molecule has 0 aliphatic rings. The molecule has 0 N–H and O–H groups in total. The molecule has 1 rings (SSSR count). The molecule has 0 aromatic heterocycles. The first-order chi connectivity index (χ1) is 5.33. The van der Waals surface area contributed by atoms with Crippen molar-refractivity contribution in [2.24, 2.45) is 0 Å². The summed E-state index contributed by atoms with van der Waals surface area (Å²) in [6, 6.07) is 7.91. The second-order valence-corrected chi connectivity index (χ2v) is 3.75. The van der Waals surface area contributed by atoms with E-state index in [1.54, 1.807) is 0 Å². The highest BCUT2D eigenvalue weighted by atomic mass is 127. The first-order valence-corrected chi connectivity index (χ1v) is 5.38. The molecule has 0 aliphatic heterocycles. The molecule has 1 radical (unpaired) electrons. The zero-order valence-electron chi connectivity index (χ0n) is 6.06. The summed E-state index contributed by atoms with van der Waals surface area (Å²) in [7, 11) is 0. The molecule has 59 valence electrons. The molecule has 0 heterocycles. The minimum absolute atomic E-state index is 0.812. The van der Waals surface area contributed by atoms with Crippen LogP contribution in [0.5, 0.6) is 0 Å². The molecule has 0 aliphatic carbocycles. The highest BCUT2D eigenvalue weighted by Gasteiger charge is 1.92. The van der Waals surface area contributed by atoms with E-state index in [1.165, 1.54) is 5.56 Å². The molecule has 0 unspecified atom stereocenters. The predicted octanol–water partition coefficient (Wildman–Crippen LogP) is 3.72. The Balaban J connectivity index is 2.56. The van der Waals surface area contributed by atoms with Crippen LogP contribution in [-0.2, 0) is 0 Å². The van der Waals surface area contributed by atoms with Gasteiger partial charge < -0.3 is 0 Å². The summed E-state index contributed by atoms with van der Waals surface area (Å²) in [6.45, 7) is 0. The van der Waals surface area contributed by atoms with Gasteiger partial charge in [0.05, 0.1) is 0 Å². The molecule has 0 amide bonds. The molecule has 11 heavy (non-hydrogen) atoms. The van der Waals surface area contributed by atoms with Crippen LogP contribution in [0.2, 0.25) is 5.02 Å². The van der Waals surface area contributed by atoms with Crippen molar-refractivity contribution >= 4 is 34.2 Å². The second-order valence-electron chi connectivity index (χ2n) is 2.24. The largest absolute Gasteiger partial charge is 0.0864 e. The Morgan fingerprint density at radius 2 is 2.27 bits per heavy atom. The van der Waals surface area contributed by atoms with Gasteiger partial charge in [-0.1, -0.05) is 46.3 Å². The fraction of sp³-hybridized carbons (Fsp3) is 0.222. The average Bonchev–Trinajstić information content (AvgIpc) is 2.01. The lowest BCUT2D eigenvalue weighted by Gasteiger charge is -1.97. The van der Waals surface area contributed by atoms with Crippen LogP contribution in [0, 0.1) is 6.42 Å². The summed E-state index contributed by atoms with van der Waals surface area (Å²) in [6.07, 6.45) is 3.30. The first-order valence-electron chi connectivity index (χ1n) is 3.47. The van der Waals surface area contributed by atoms with E-state index in [1.807, 2.05) is 18.2 Å². The average molecular weight is 280 g/mol. The van der Waals surface area contributed by atoms with Gasteiger partial charge in [0.25, 0.3) is 0 Å². The van der Waals surface area contributed by atoms with E-state index in [2.05, 4.69) is 35.1 Å². The number of benzene rings is 1. The van der Waals surface area contributed by atoms with Crippen molar-refractivity contribution in [2.45, 2.75) is 6.42 Å². The summed E-state index contributed by atoms with van der Waals surface area (Å²) in [5.74, 6) is 0. The standard InChI is InChI=1S/C9H9ClI/c10-9-5-1-3-8(7-9)4-2-6-11/h1,3-5,7H,2,6H2. The van der Waals surface area contributed by atoms with Gasteiger partial charge in [0, 0.05) is 9.45 Å². The third kappa shape index (κ3) is 3.43. The van der Waals surface area contributed by atoms with Gasteiger partial charge in [-0.3, -0.25) is 0 Å². The van der Waals surface area contributed by atoms with Crippen LogP contribution in [-0.4, -0.2) is 4.43 Å². The van der Waals surface area contributed by atoms with Gasteiger partial charge in [0.1, 0.15) is 0 Å². The Labute approximate surface area is 86.1 Å². The van der Waals surface area contributed by atoms with Crippen LogP contribution in [0.3, 0.4) is 0 Å². The Hall–Kier alpha value is 0.240. The number of halogens is 2. The number of hydrogen-bond donors (Lipinski definition) is 0. The highest BCUT2D eigenvalue weighted by Crippen LogP contribution is 2.13. The molecule has 0 nitrogen and oxygen atoms in total. The molecule has 1 aromatic rings. The van der Waals surface area contributed by atoms with Crippen molar-refractivity contribution in [1.29, 1.82) is 0 Å². The maximum Gasteiger partial charge on any atom is 0.0408 e. The monoisotopic (exact) mass is 279 g/mol. The van der Waals surface area contributed by atoms with E-state index in [9.17, 15) is 0 Å². The lowest BCUT2D eigenvalue weighted by Crippen LogP contribution is -1.81. The van der Waals surface area contributed by atoms with Gasteiger partial charge in [-0.05, 0) is 30.5 Å². The lowest BCUT2D eigenvalue weighted by atomic mass is 10.1. The van der Waals surface area contributed by atoms with Gasteiger partial charge in [0.2, 0.25) is 0 Å². The van der Waals surface area contributed by atoms with E-state index in [-0.39, 0.29) is 0 Å². The highest BCUT2D eigenvalue weighted by molar-refractivity contribution is 14.1. The molecule has 0 bridgehead atoms. The summed E-state index contributed by atoms with van der Waals surface area (Å²) < 4.78 is 1.16. The van der Waals surface area contributed by atoms with Gasteiger partial charge in [-0.25, -0.2) is 0 Å². The second kappa shape index (κ2) is 4.99. The zero-order valence-corrected chi connectivity index (χ0v) is 8.97. The fourth-order valence-corrected chi connectivity index (χ4v) is 1.36. The zero-order chi connectivity index (χ0) is 8.10. The van der Waals surface area contributed by atoms with E-state index in [4.69, 9.17) is 11.6 Å². The van der Waals surface area contributed by atoms with Crippen molar-refractivity contribution in [1.82, 2.24) is 0 Å². The maximum atomic E-state index is 5.80. The normalized spacial score (nSPS) is 10.0. The SMILES string of the molecule is Clc1cccc([CH]CCI)c1. The molecular formula is C9H9ClI. The van der Waals surface area contributed by atoms with Crippen molar-refractivity contribution in [2.75, 3.05) is 4.43 Å². The molecule has 0 atom stereocenters. The van der Waals surface area contributed by atoms with Crippen molar-refractivity contribution < 1.29 is 0 Å². The van der Waals surface area contributed by atoms with Crippen LogP contribution in [0.15, 0.2) is 24.3 Å². The minimum atomic E-state index is 0.812. The smallest absolute Gasteiger partial charge is 0.0408 e. The van der Waals surface area contributed by atoms with Crippen LogP contribution in [0.1, 0.15) is 12.0 Å². The lowest BCUT2D eigenvalue weighted by molar-refractivity contribution is 1.16. The molecule has 0 spiro atoms. The first kappa shape index (κ1) is 9.33. The molecule has 0 fully saturated rings. The maximum absolute atomic E-state index is 5.80. The molecule has 1 aromatic carbocycles. The Bertz CT molecular complexity index is 223. The number of rotatable bonds is 3. The molecular weight excluding hydrogens is 270 g/mol. The number of hydrogen-bond acceptors (Lipinski definition) is 0. The Morgan fingerprint density at radius 1 is 1.45 bits per heavy atom. The minimum Gasteiger partial charge on any atom is -0.0864 e. The van der Waals surface area contributed by atoms with E-state index in [0.717, 1.165) is 15.9 Å². The summed E-state index contributed by atoms with van der Waals surface area (Å²) in [5, 5.41) is 0.812. The molecule has 0 saturated heterocycles. The Morgan fingerprint density at radius 3 is 2.91 bits per heavy atom. The van der Waals surface area contributed by atoms with Gasteiger partial charge in [-0.2, -0.15) is 0 Å². The summed E-state index contributed by atoms with van der Waals surface area (Å²) in [4.78, 5) is 0. The summed E-state index contributed by atoms with van der Waals surface area (Å²) in [5.41, 5.74) is 1.22. The van der Waals surface area contributed by atoms with Crippen LogP contribution in [0.25, 0.3) is 0 Å². The third-order valence-electron chi connectivity index (χ3n) is 1.34. The molecule has 0 saturated carbocycles. The van der Waals surface area contributed by atoms with Crippen LogP contribution >= 0.6 is 34.2 Å². The van der Waals surface area contributed by atoms with Gasteiger partial charge in [-0.15, -0.1) is 0 Å². The van der Waals surface area contributed by atoms with Gasteiger partial charge >= 0.3 is 0 Å². The van der Waals surface area contributed by atoms with Crippen LogP contribution < -0.4 is 0 Å². The van der Waals surface area contributed by atoms with Crippen LogP contribution in [0.4, 0.5) is 0 Å². The number of alkyl halides is 1. The Kier molecular flexibility index (Phi) is 4.23. The van der Waals surface area contributed by atoms with E-state index in [0.29, 0.717) is 0 Å². The van der Waals surface area contributed by atoms with Crippen molar-refractivity contribution in [3.8, 4) is 0 Å². The van der Waals surface area contributed by atoms with E-state index < -0.39 is 0 Å². The third-order valence-corrected chi connectivity index (χ3v) is 2.20.